The molecule has 0 aliphatic heterocycles. The summed E-state index contributed by atoms with van der Waals surface area (Å²) in [4.78, 5) is 23.4. The lowest BCUT2D eigenvalue weighted by Crippen LogP contribution is -2.18. The summed E-state index contributed by atoms with van der Waals surface area (Å²) in [6.45, 7) is 0.124. The van der Waals surface area contributed by atoms with E-state index in [1.807, 2.05) is 0 Å². The third-order valence-corrected chi connectivity index (χ3v) is 3.12. The predicted octanol–water partition coefficient (Wildman–Crippen LogP) is 2.82. The van der Waals surface area contributed by atoms with E-state index < -0.39 is 0 Å². The Bertz CT molecular complexity index is 719. The van der Waals surface area contributed by atoms with E-state index in [1.54, 1.807) is 24.3 Å². The molecule has 2 rings (SSSR count). The Morgan fingerprint density at radius 2 is 1.64 bits per heavy atom. The first-order valence-corrected chi connectivity index (χ1v) is 7.64. The van der Waals surface area contributed by atoms with Crippen LogP contribution in [0.3, 0.4) is 0 Å². The largest absolute Gasteiger partial charge is 0.493 e. The number of benzene rings is 2. The van der Waals surface area contributed by atoms with Crippen molar-refractivity contribution in [1.82, 2.24) is 0 Å². The van der Waals surface area contributed by atoms with Crippen molar-refractivity contribution in [2.45, 2.75) is 6.42 Å². The molecule has 0 saturated carbocycles. The van der Waals surface area contributed by atoms with Crippen LogP contribution in [0.2, 0.25) is 0 Å². The lowest BCUT2D eigenvalue weighted by Gasteiger charge is -2.09. The third-order valence-electron chi connectivity index (χ3n) is 3.12. The van der Waals surface area contributed by atoms with Gasteiger partial charge in [0.1, 0.15) is 18.2 Å². The Balaban J connectivity index is 1.79. The van der Waals surface area contributed by atoms with Crippen LogP contribution in [-0.4, -0.2) is 32.1 Å². The molecule has 25 heavy (non-hydrogen) atoms. The van der Waals surface area contributed by atoms with Gasteiger partial charge >= 0.3 is 0 Å². The van der Waals surface area contributed by atoms with Gasteiger partial charge in [-0.15, -0.1) is 0 Å². The zero-order valence-electron chi connectivity index (χ0n) is 13.8. The highest BCUT2D eigenvalue weighted by molar-refractivity contribution is 5.94. The molecule has 0 aliphatic carbocycles. The zero-order valence-corrected chi connectivity index (χ0v) is 13.8. The Morgan fingerprint density at radius 1 is 1.00 bits per heavy atom. The summed E-state index contributed by atoms with van der Waals surface area (Å²) in [5, 5.41) is 5.38. The molecule has 2 aromatic carbocycles. The van der Waals surface area contributed by atoms with Crippen LogP contribution < -0.4 is 15.4 Å². The van der Waals surface area contributed by atoms with Gasteiger partial charge in [0.15, 0.2) is 0 Å². The second-order valence-electron chi connectivity index (χ2n) is 5.16. The number of nitrogens with one attached hydrogen (secondary N) is 2. The second kappa shape index (κ2) is 9.39. The van der Waals surface area contributed by atoms with E-state index in [0.29, 0.717) is 17.1 Å². The molecule has 2 amide bonds. The van der Waals surface area contributed by atoms with Crippen LogP contribution in [0, 0.1) is 5.82 Å². The summed E-state index contributed by atoms with van der Waals surface area (Å²) in [6, 6.07) is 12.4. The molecular formula is C18H19FN2O4. The van der Waals surface area contributed by atoms with Crippen LogP contribution in [-0.2, 0) is 14.3 Å². The van der Waals surface area contributed by atoms with Gasteiger partial charge in [0.2, 0.25) is 11.8 Å². The number of hydrogen-bond acceptors (Lipinski definition) is 4. The standard InChI is InChI=1S/C18H19FN2O4/c1-24-12-18(23)21-15-4-2-3-14(11-15)20-17(22)9-10-25-16-7-5-13(19)6-8-16/h2-8,11H,9-10,12H2,1H3,(H,20,22)(H,21,23). The zero-order chi connectivity index (χ0) is 18.1. The average molecular weight is 346 g/mol. The van der Waals surface area contributed by atoms with E-state index in [-0.39, 0.29) is 37.3 Å². The number of halogens is 1. The molecule has 7 heteroatoms. The van der Waals surface area contributed by atoms with E-state index in [9.17, 15) is 14.0 Å². The van der Waals surface area contributed by atoms with Crippen molar-refractivity contribution in [2.75, 3.05) is 31.0 Å². The molecular weight excluding hydrogens is 327 g/mol. The van der Waals surface area contributed by atoms with Crippen LogP contribution in [0.15, 0.2) is 48.5 Å². The third kappa shape index (κ3) is 6.60. The molecule has 0 radical (unpaired) electrons. The fourth-order valence-electron chi connectivity index (χ4n) is 2.02. The monoisotopic (exact) mass is 346 g/mol. The van der Waals surface area contributed by atoms with Gasteiger partial charge in [-0.05, 0) is 42.5 Å². The summed E-state index contributed by atoms with van der Waals surface area (Å²) in [5.41, 5.74) is 1.12. The number of amides is 2. The van der Waals surface area contributed by atoms with E-state index in [4.69, 9.17) is 9.47 Å². The molecule has 0 atom stereocenters. The van der Waals surface area contributed by atoms with E-state index in [2.05, 4.69) is 10.6 Å². The van der Waals surface area contributed by atoms with E-state index >= 15 is 0 Å². The van der Waals surface area contributed by atoms with Gasteiger partial charge in [-0.3, -0.25) is 9.59 Å². The number of anilines is 2. The fraction of sp³-hybridized carbons (Fsp3) is 0.222. The molecule has 2 N–H and O–H groups in total. The van der Waals surface area contributed by atoms with Gasteiger partial charge in [0.25, 0.3) is 0 Å². The maximum atomic E-state index is 12.8. The minimum Gasteiger partial charge on any atom is -0.493 e. The molecule has 132 valence electrons. The van der Waals surface area contributed by atoms with Gasteiger partial charge in [0, 0.05) is 18.5 Å². The molecule has 0 bridgehead atoms. The SMILES string of the molecule is COCC(=O)Nc1cccc(NC(=O)CCOc2ccc(F)cc2)c1. The second-order valence-corrected chi connectivity index (χ2v) is 5.16. The van der Waals surface area contributed by atoms with Crippen LogP contribution in [0.1, 0.15) is 6.42 Å². The Hall–Kier alpha value is -2.93. The first-order chi connectivity index (χ1) is 12.1. The van der Waals surface area contributed by atoms with Crippen LogP contribution in [0.25, 0.3) is 0 Å². The number of carbonyl (C=O) groups excluding carboxylic acids is 2. The van der Waals surface area contributed by atoms with Crippen molar-refractivity contribution in [3.8, 4) is 5.75 Å². The van der Waals surface area contributed by atoms with E-state index in [1.165, 1.54) is 31.4 Å². The molecule has 0 spiro atoms. The lowest BCUT2D eigenvalue weighted by molar-refractivity contribution is -0.119. The normalized spacial score (nSPS) is 10.2. The number of carbonyl (C=O) groups is 2. The predicted molar refractivity (Wildman–Crippen MR) is 92.1 cm³/mol. The molecule has 0 heterocycles. The fourth-order valence-corrected chi connectivity index (χ4v) is 2.02. The minimum atomic E-state index is -0.345. The van der Waals surface area contributed by atoms with Crippen LogP contribution in [0.4, 0.5) is 15.8 Å². The summed E-state index contributed by atoms with van der Waals surface area (Å²) < 4.78 is 22.9. The highest BCUT2D eigenvalue weighted by Gasteiger charge is 2.06. The van der Waals surface area contributed by atoms with Gasteiger partial charge in [-0.1, -0.05) is 6.07 Å². The van der Waals surface area contributed by atoms with Crippen molar-refractivity contribution >= 4 is 23.2 Å². The highest BCUT2D eigenvalue weighted by Crippen LogP contribution is 2.16. The Kier molecular flexibility index (Phi) is 6.91. The van der Waals surface area contributed by atoms with E-state index in [0.717, 1.165) is 0 Å². The quantitative estimate of drug-likeness (QED) is 0.771. The molecule has 0 unspecified atom stereocenters. The van der Waals surface area contributed by atoms with Crippen molar-refractivity contribution < 1.29 is 23.5 Å². The summed E-state index contributed by atoms with van der Waals surface area (Å²) in [7, 11) is 1.43. The van der Waals surface area contributed by atoms with Crippen molar-refractivity contribution in [3.63, 3.8) is 0 Å². The van der Waals surface area contributed by atoms with Crippen LogP contribution in [0.5, 0.6) is 5.75 Å². The maximum absolute atomic E-state index is 12.8. The van der Waals surface area contributed by atoms with Gasteiger partial charge in [-0.25, -0.2) is 4.39 Å². The Labute approximate surface area is 144 Å². The number of methoxy groups -OCH3 is 1. The Morgan fingerprint density at radius 3 is 2.28 bits per heavy atom. The van der Waals surface area contributed by atoms with Gasteiger partial charge < -0.3 is 20.1 Å². The summed E-state index contributed by atoms with van der Waals surface area (Å²) in [5.74, 6) is -0.360. The first-order valence-electron chi connectivity index (χ1n) is 7.64. The van der Waals surface area contributed by atoms with Crippen molar-refractivity contribution in [2.24, 2.45) is 0 Å². The molecule has 0 saturated heterocycles. The highest BCUT2D eigenvalue weighted by atomic mass is 19.1. The maximum Gasteiger partial charge on any atom is 0.250 e. The van der Waals surface area contributed by atoms with Gasteiger partial charge in [0.05, 0.1) is 13.0 Å². The molecule has 6 nitrogen and oxygen atoms in total. The lowest BCUT2D eigenvalue weighted by atomic mass is 10.2. The minimum absolute atomic E-state index is 0.0443. The number of ether oxygens (including phenoxy) is 2. The number of hydrogen-bond donors (Lipinski definition) is 2. The number of rotatable bonds is 8. The van der Waals surface area contributed by atoms with Gasteiger partial charge in [-0.2, -0.15) is 0 Å². The average Bonchev–Trinajstić information content (AvgIpc) is 2.57. The van der Waals surface area contributed by atoms with Crippen molar-refractivity contribution in [1.29, 1.82) is 0 Å². The summed E-state index contributed by atoms with van der Waals surface area (Å²) in [6.07, 6.45) is 0.137. The summed E-state index contributed by atoms with van der Waals surface area (Å²) >= 11 is 0. The van der Waals surface area contributed by atoms with Crippen molar-refractivity contribution in [3.05, 3.63) is 54.3 Å². The molecule has 0 aliphatic rings. The van der Waals surface area contributed by atoms with Crippen LogP contribution >= 0.6 is 0 Å². The molecule has 2 aromatic rings. The molecule has 0 aromatic heterocycles. The smallest absolute Gasteiger partial charge is 0.250 e. The first kappa shape index (κ1) is 18.4. The molecule has 0 fully saturated rings. The topological polar surface area (TPSA) is 76.7 Å².